The molecule has 2 aromatic heterocycles. The van der Waals surface area contributed by atoms with Gasteiger partial charge < -0.3 is 5.32 Å². The zero-order chi connectivity index (χ0) is 22.8. The third-order valence-corrected chi connectivity index (χ3v) is 5.61. The van der Waals surface area contributed by atoms with Crippen LogP contribution in [0.2, 0.25) is 0 Å². The number of nitrogens with one attached hydrogen (secondary N) is 1. The Morgan fingerprint density at radius 3 is 2.48 bits per heavy atom. The smallest absolute Gasteiger partial charge is 0.353 e. The number of likely N-dealkylation sites (tertiary alicyclic amines) is 1. The molecule has 1 aliphatic heterocycles. The van der Waals surface area contributed by atoms with Crippen molar-refractivity contribution in [2.45, 2.75) is 65.6 Å². The van der Waals surface area contributed by atoms with Crippen LogP contribution in [0, 0.1) is 13.8 Å². The Balaban J connectivity index is 1.57. The van der Waals surface area contributed by atoms with Crippen LogP contribution < -0.4 is 5.32 Å². The monoisotopic (exact) mass is 438 g/mol. The Labute approximate surface area is 179 Å². The first-order valence-corrected chi connectivity index (χ1v) is 10.5. The Morgan fingerprint density at radius 2 is 1.87 bits per heavy atom. The number of halogens is 3. The van der Waals surface area contributed by atoms with Gasteiger partial charge in [-0.2, -0.15) is 18.2 Å². The second-order valence-corrected chi connectivity index (χ2v) is 8.33. The lowest BCUT2D eigenvalue weighted by atomic mass is 10.0. The summed E-state index contributed by atoms with van der Waals surface area (Å²) in [6.07, 6.45) is 0.0253. The Morgan fingerprint density at radius 1 is 1.19 bits per heavy atom. The fraction of sp³-hybridized carbons (Fsp3) is 0.619. The van der Waals surface area contributed by atoms with Crippen LogP contribution in [0.25, 0.3) is 5.78 Å². The molecule has 0 aliphatic carbocycles. The highest BCUT2D eigenvalue weighted by Crippen LogP contribution is 2.27. The largest absolute Gasteiger partial charge is 0.453 e. The van der Waals surface area contributed by atoms with Crippen LogP contribution in [0.15, 0.2) is 11.6 Å². The van der Waals surface area contributed by atoms with Gasteiger partial charge in [-0.1, -0.05) is 11.6 Å². The van der Waals surface area contributed by atoms with E-state index in [2.05, 4.69) is 45.2 Å². The number of aryl methyl sites for hydroxylation is 2. The van der Waals surface area contributed by atoms with E-state index < -0.39 is 12.0 Å². The molecule has 0 atom stereocenters. The van der Waals surface area contributed by atoms with Crippen LogP contribution in [-0.2, 0) is 17.4 Å². The van der Waals surface area contributed by atoms with Crippen molar-refractivity contribution < 1.29 is 18.0 Å². The van der Waals surface area contributed by atoms with E-state index in [1.807, 2.05) is 0 Å². The van der Waals surface area contributed by atoms with Gasteiger partial charge in [-0.25, -0.2) is 9.50 Å². The summed E-state index contributed by atoms with van der Waals surface area (Å²) in [4.78, 5) is 22.5. The van der Waals surface area contributed by atoms with Crippen LogP contribution in [0.4, 0.5) is 13.2 Å². The van der Waals surface area contributed by atoms with Crippen molar-refractivity contribution in [1.82, 2.24) is 29.8 Å². The van der Waals surface area contributed by atoms with Crippen molar-refractivity contribution in [3.63, 3.8) is 0 Å². The standard InChI is InChI=1S/C21H29F3N6O/c1-13(2)7-10-29-11-8-16(9-12-29)26-18(31)6-5-17-14(3)25-20-27-19(21(22,23)24)28-30(20)15(17)4/h7,16H,5-6,8-12H2,1-4H3,(H,26,31). The molecule has 1 saturated heterocycles. The van der Waals surface area contributed by atoms with Crippen molar-refractivity contribution in [1.29, 1.82) is 0 Å². The molecule has 0 radical (unpaired) electrons. The van der Waals surface area contributed by atoms with Crippen LogP contribution in [0.1, 0.15) is 55.9 Å². The molecule has 1 amide bonds. The summed E-state index contributed by atoms with van der Waals surface area (Å²) in [5.74, 6) is -1.36. The summed E-state index contributed by atoms with van der Waals surface area (Å²) in [7, 11) is 0. The molecule has 31 heavy (non-hydrogen) atoms. The van der Waals surface area contributed by atoms with Gasteiger partial charge in [-0.15, -0.1) is 5.10 Å². The minimum absolute atomic E-state index is 0.0591. The zero-order valence-corrected chi connectivity index (χ0v) is 18.4. The quantitative estimate of drug-likeness (QED) is 0.701. The summed E-state index contributed by atoms with van der Waals surface area (Å²) in [6.45, 7) is 10.4. The van der Waals surface area contributed by atoms with Crippen LogP contribution in [0.3, 0.4) is 0 Å². The van der Waals surface area contributed by atoms with E-state index >= 15 is 0 Å². The van der Waals surface area contributed by atoms with E-state index in [-0.39, 0.29) is 24.1 Å². The number of fused-ring (bicyclic) bond motifs is 1. The summed E-state index contributed by atoms with van der Waals surface area (Å²) in [6, 6.07) is 0.155. The Hall–Kier alpha value is -2.49. The molecule has 0 unspecified atom stereocenters. The number of rotatable bonds is 6. The third kappa shape index (κ3) is 5.81. The number of amides is 1. The summed E-state index contributed by atoms with van der Waals surface area (Å²) in [5, 5.41) is 6.64. The highest BCUT2D eigenvalue weighted by Gasteiger charge is 2.37. The highest BCUT2D eigenvalue weighted by molar-refractivity contribution is 5.76. The van der Waals surface area contributed by atoms with Gasteiger partial charge in [0.25, 0.3) is 11.6 Å². The molecule has 0 saturated carbocycles. The van der Waals surface area contributed by atoms with Crippen LogP contribution in [-0.4, -0.2) is 56.1 Å². The fourth-order valence-electron chi connectivity index (χ4n) is 3.80. The molecule has 3 rings (SSSR count). The fourth-order valence-corrected chi connectivity index (χ4v) is 3.80. The van der Waals surface area contributed by atoms with E-state index in [0.29, 0.717) is 17.8 Å². The lowest BCUT2D eigenvalue weighted by Gasteiger charge is -2.31. The molecule has 1 fully saturated rings. The molecule has 7 nitrogen and oxygen atoms in total. The summed E-state index contributed by atoms with van der Waals surface area (Å²) in [5.41, 5.74) is 3.10. The second-order valence-electron chi connectivity index (χ2n) is 8.33. The lowest BCUT2D eigenvalue weighted by molar-refractivity contribution is -0.144. The first kappa shape index (κ1) is 23.2. The molecule has 0 bridgehead atoms. The normalized spacial score (nSPS) is 16.0. The zero-order valence-electron chi connectivity index (χ0n) is 18.4. The van der Waals surface area contributed by atoms with Gasteiger partial charge in [-0.05, 0) is 52.5 Å². The first-order valence-electron chi connectivity index (χ1n) is 10.5. The molecular formula is C21H29F3N6O. The van der Waals surface area contributed by atoms with Gasteiger partial charge in [-0.3, -0.25) is 9.69 Å². The Bertz CT molecular complexity index is 970. The number of aromatic nitrogens is 4. The number of piperidine rings is 1. The summed E-state index contributed by atoms with van der Waals surface area (Å²) < 4.78 is 39.8. The Kier molecular flexibility index (Phi) is 6.98. The van der Waals surface area contributed by atoms with Crippen molar-refractivity contribution in [3.05, 3.63) is 34.4 Å². The third-order valence-electron chi connectivity index (χ3n) is 5.61. The van der Waals surface area contributed by atoms with Crippen molar-refractivity contribution in [2.24, 2.45) is 0 Å². The predicted molar refractivity (Wildman–Crippen MR) is 111 cm³/mol. The van der Waals surface area contributed by atoms with Crippen LogP contribution in [0.5, 0.6) is 0 Å². The van der Waals surface area contributed by atoms with Crippen molar-refractivity contribution in [2.75, 3.05) is 19.6 Å². The molecule has 0 aromatic carbocycles. The predicted octanol–water partition coefficient (Wildman–Crippen LogP) is 3.24. The van der Waals surface area contributed by atoms with Crippen LogP contribution >= 0.6 is 0 Å². The first-order chi connectivity index (χ1) is 14.5. The maximum Gasteiger partial charge on any atom is 0.453 e. The van der Waals surface area contributed by atoms with Gasteiger partial charge in [0.05, 0.1) is 0 Å². The van der Waals surface area contributed by atoms with E-state index in [4.69, 9.17) is 0 Å². The average molecular weight is 438 g/mol. The van der Waals surface area contributed by atoms with Gasteiger partial charge in [0, 0.05) is 43.5 Å². The minimum atomic E-state index is -4.63. The molecule has 2 aromatic rings. The van der Waals surface area contributed by atoms with E-state index in [1.54, 1.807) is 13.8 Å². The van der Waals surface area contributed by atoms with Gasteiger partial charge in [0.15, 0.2) is 0 Å². The van der Waals surface area contributed by atoms with Gasteiger partial charge in [0.1, 0.15) is 0 Å². The van der Waals surface area contributed by atoms with Gasteiger partial charge in [0.2, 0.25) is 5.91 Å². The SMILES string of the molecule is CC(C)=CCN1CCC(NC(=O)CCc2c(C)nc3nc(C(F)(F)F)nn3c2C)CC1. The second kappa shape index (κ2) is 9.33. The molecule has 10 heteroatoms. The van der Waals surface area contributed by atoms with Crippen molar-refractivity contribution >= 4 is 11.7 Å². The molecule has 3 heterocycles. The molecule has 170 valence electrons. The minimum Gasteiger partial charge on any atom is -0.353 e. The van der Waals surface area contributed by atoms with Crippen molar-refractivity contribution in [3.8, 4) is 0 Å². The lowest BCUT2D eigenvalue weighted by Crippen LogP contribution is -2.44. The summed E-state index contributed by atoms with van der Waals surface area (Å²) >= 11 is 0. The number of carbonyl (C=O) groups is 1. The number of hydrogen-bond donors (Lipinski definition) is 1. The highest BCUT2D eigenvalue weighted by atomic mass is 19.4. The number of carbonyl (C=O) groups excluding carboxylic acids is 1. The molecule has 1 N–H and O–H groups in total. The van der Waals surface area contributed by atoms with Gasteiger partial charge >= 0.3 is 6.18 Å². The number of alkyl halides is 3. The van der Waals surface area contributed by atoms with E-state index in [1.165, 1.54) is 5.57 Å². The number of hydrogen-bond acceptors (Lipinski definition) is 5. The molecule has 0 spiro atoms. The topological polar surface area (TPSA) is 75.4 Å². The number of allylic oxidation sites excluding steroid dienone is 1. The molecular weight excluding hydrogens is 409 g/mol. The van der Waals surface area contributed by atoms with E-state index in [9.17, 15) is 18.0 Å². The maximum atomic E-state index is 12.9. The number of nitrogens with zero attached hydrogens (tertiary/aromatic N) is 5. The maximum absolute atomic E-state index is 12.9. The van der Waals surface area contributed by atoms with E-state index in [0.717, 1.165) is 42.6 Å². The molecule has 1 aliphatic rings. The average Bonchev–Trinajstić information content (AvgIpc) is 3.12.